The highest BCUT2D eigenvalue weighted by Gasteiger charge is 2.31. The number of carbonyl (C=O) groups excluding carboxylic acids is 3. The van der Waals surface area contributed by atoms with E-state index < -0.39 is 0 Å². The Hall–Kier alpha value is -2.45. The lowest BCUT2D eigenvalue weighted by atomic mass is 9.71. The van der Waals surface area contributed by atoms with Gasteiger partial charge in [-0.05, 0) is 119 Å². The lowest BCUT2D eigenvalue weighted by Crippen LogP contribution is -2.39. The van der Waals surface area contributed by atoms with Crippen LogP contribution in [0.5, 0.6) is 0 Å². The molecule has 3 amide bonds. The third-order valence-corrected chi connectivity index (χ3v) is 10.2. The molecular formula is C37H59N3O5. The van der Waals surface area contributed by atoms with Crippen molar-refractivity contribution in [2.45, 2.75) is 143 Å². The van der Waals surface area contributed by atoms with Crippen molar-refractivity contribution in [3.05, 3.63) is 23.8 Å². The smallest absolute Gasteiger partial charge is 0.251 e. The molecular weight excluding hydrogens is 566 g/mol. The number of hydrogen-bond acceptors (Lipinski definition) is 5. The molecule has 3 saturated carbocycles. The molecule has 3 aliphatic rings. The molecule has 0 atom stereocenters. The summed E-state index contributed by atoms with van der Waals surface area (Å²) in [4.78, 5) is 40.2. The monoisotopic (exact) mass is 625 g/mol. The van der Waals surface area contributed by atoms with Crippen LogP contribution in [0, 0.1) is 23.2 Å². The Morgan fingerprint density at radius 3 is 1.51 bits per heavy atom. The minimum absolute atomic E-state index is 0.0373. The van der Waals surface area contributed by atoms with Gasteiger partial charge >= 0.3 is 0 Å². The molecule has 0 saturated heterocycles. The number of nitrogens with one attached hydrogen (secondary N) is 3. The second kappa shape index (κ2) is 16.9. The van der Waals surface area contributed by atoms with Crippen molar-refractivity contribution in [3.63, 3.8) is 0 Å². The molecule has 0 heterocycles. The highest BCUT2D eigenvalue weighted by atomic mass is 16.5. The average Bonchev–Trinajstić information content (AvgIpc) is 3.03. The van der Waals surface area contributed by atoms with E-state index in [9.17, 15) is 14.4 Å². The van der Waals surface area contributed by atoms with Gasteiger partial charge in [0.2, 0.25) is 11.8 Å². The molecule has 0 unspecified atom stereocenters. The molecule has 0 radical (unpaired) electrons. The van der Waals surface area contributed by atoms with E-state index >= 15 is 0 Å². The summed E-state index contributed by atoms with van der Waals surface area (Å²) in [6, 6.07) is 5.40. The summed E-state index contributed by atoms with van der Waals surface area (Å²) in [5, 5.41) is 9.41. The Labute approximate surface area is 271 Å². The highest BCUT2D eigenvalue weighted by molar-refractivity contribution is 6.01. The van der Waals surface area contributed by atoms with Crippen molar-refractivity contribution in [1.82, 2.24) is 5.32 Å². The molecule has 45 heavy (non-hydrogen) atoms. The molecule has 3 fully saturated rings. The molecule has 0 spiro atoms. The average molecular weight is 626 g/mol. The van der Waals surface area contributed by atoms with Gasteiger partial charge in [0.1, 0.15) is 0 Å². The van der Waals surface area contributed by atoms with Crippen molar-refractivity contribution in [1.29, 1.82) is 0 Å². The Balaban J connectivity index is 1.42. The summed E-state index contributed by atoms with van der Waals surface area (Å²) in [5.41, 5.74) is 1.81. The maximum absolute atomic E-state index is 13.6. The number of amides is 3. The molecule has 0 bridgehead atoms. The zero-order valence-corrected chi connectivity index (χ0v) is 28.6. The van der Waals surface area contributed by atoms with E-state index in [0.29, 0.717) is 22.9 Å². The van der Waals surface area contributed by atoms with E-state index in [-0.39, 0.29) is 53.2 Å². The normalized spacial score (nSPS) is 27.4. The first-order valence-electron chi connectivity index (χ1n) is 17.9. The standard InChI is InChI=1S/C37H59N3O5/c1-6-20-44-32-16-8-25(9-17-32)34(41)39-30-22-27(36(43)38-29-14-12-28(13-15-29)37(3,4)5)23-31(24-30)40-35(42)26-10-18-33(19-11-26)45-21-7-2/h22-26,28-29,32-33H,6-21H2,1-5H3,(H,38,43)(H,39,41)(H,40,42). The first-order chi connectivity index (χ1) is 21.5. The van der Waals surface area contributed by atoms with Gasteiger partial charge in [0, 0.05) is 48.0 Å². The van der Waals surface area contributed by atoms with Crippen LogP contribution in [0.4, 0.5) is 11.4 Å². The molecule has 4 rings (SSSR count). The summed E-state index contributed by atoms with van der Waals surface area (Å²) in [6.07, 6.45) is 13.2. The quantitative estimate of drug-likeness (QED) is 0.219. The maximum atomic E-state index is 13.6. The lowest BCUT2D eigenvalue weighted by Gasteiger charge is -2.37. The van der Waals surface area contributed by atoms with Gasteiger partial charge in [-0.2, -0.15) is 0 Å². The van der Waals surface area contributed by atoms with Crippen LogP contribution in [0.2, 0.25) is 0 Å². The summed E-state index contributed by atoms with van der Waals surface area (Å²) >= 11 is 0. The Morgan fingerprint density at radius 1 is 0.667 bits per heavy atom. The van der Waals surface area contributed by atoms with Gasteiger partial charge in [-0.3, -0.25) is 14.4 Å². The van der Waals surface area contributed by atoms with Crippen molar-refractivity contribution in [2.24, 2.45) is 23.2 Å². The molecule has 8 nitrogen and oxygen atoms in total. The largest absolute Gasteiger partial charge is 0.378 e. The molecule has 3 aliphatic carbocycles. The van der Waals surface area contributed by atoms with E-state index in [2.05, 4.69) is 50.6 Å². The Bertz CT molecular complexity index is 1050. The molecule has 1 aromatic carbocycles. The fraction of sp³-hybridized carbons (Fsp3) is 0.757. The first-order valence-corrected chi connectivity index (χ1v) is 17.9. The van der Waals surface area contributed by atoms with Gasteiger partial charge in [0.15, 0.2) is 0 Å². The van der Waals surface area contributed by atoms with Gasteiger partial charge < -0.3 is 25.4 Å². The van der Waals surface area contributed by atoms with Crippen LogP contribution in [0.1, 0.15) is 135 Å². The zero-order chi connectivity index (χ0) is 32.4. The van der Waals surface area contributed by atoms with Gasteiger partial charge in [-0.15, -0.1) is 0 Å². The summed E-state index contributed by atoms with van der Waals surface area (Å²) in [7, 11) is 0. The van der Waals surface area contributed by atoms with Crippen molar-refractivity contribution >= 4 is 29.1 Å². The van der Waals surface area contributed by atoms with Crippen molar-refractivity contribution in [2.75, 3.05) is 23.8 Å². The molecule has 1 aromatic rings. The lowest BCUT2D eigenvalue weighted by molar-refractivity contribution is -0.122. The van der Waals surface area contributed by atoms with Gasteiger partial charge in [0.25, 0.3) is 5.91 Å². The Morgan fingerprint density at radius 2 is 1.11 bits per heavy atom. The summed E-state index contributed by atoms with van der Waals surface area (Å²) < 4.78 is 11.8. The third kappa shape index (κ3) is 10.8. The minimum Gasteiger partial charge on any atom is -0.378 e. The maximum Gasteiger partial charge on any atom is 0.251 e. The van der Waals surface area contributed by atoms with Crippen LogP contribution in [0.25, 0.3) is 0 Å². The van der Waals surface area contributed by atoms with Crippen LogP contribution in [-0.4, -0.2) is 49.2 Å². The molecule has 0 aromatic heterocycles. The minimum atomic E-state index is -0.164. The van der Waals surface area contributed by atoms with Crippen LogP contribution in [0.3, 0.4) is 0 Å². The molecule has 0 aliphatic heterocycles. The number of ether oxygens (including phenoxy) is 2. The zero-order valence-electron chi connectivity index (χ0n) is 28.6. The number of rotatable bonds is 12. The summed E-state index contributed by atoms with van der Waals surface area (Å²) in [6.45, 7) is 12.6. The Kier molecular flexibility index (Phi) is 13.3. The van der Waals surface area contributed by atoms with Crippen LogP contribution >= 0.6 is 0 Å². The predicted molar refractivity (Wildman–Crippen MR) is 180 cm³/mol. The first kappa shape index (κ1) is 35.4. The number of benzene rings is 1. The van der Waals surface area contributed by atoms with Crippen LogP contribution in [-0.2, 0) is 19.1 Å². The fourth-order valence-corrected chi connectivity index (χ4v) is 7.32. The van der Waals surface area contributed by atoms with E-state index in [1.54, 1.807) is 18.2 Å². The van der Waals surface area contributed by atoms with E-state index in [0.717, 1.165) is 103 Å². The summed E-state index contributed by atoms with van der Waals surface area (Å²) in [5.74, 6) is 0.236. The molecule has 3 N–H and O–H groups in total. The SMILES string of the molecule is CCCOC1CCC(C(=O)Nc2cc(NC(=O)C3CCC(OCCC)CC3)cc(C(=O)NC3CCC(C(C)(C)C)CC3)c2)CC1. The van der Waals surface area contributed by atoms with Gasteiger partial charge in [-0.1, -0.05) is 34.6 Å². The molecule has 252 valence electrons. The fourth-order valence-electron chi connectivity index (χ4n) is 7.32. The number of anilines is 2. The predicted octanol–water partition coefficient (Wildman–Crippen LogP) is 7.87. The van der Waals surface area contributed by atoms with Crippen LogP contribution < -0.4 is 16.0 Å². The van der Waals surface area contributed by atoms with Crippen molar-refractivity contribution in [3.8, 4) is 0 Å². The second-order valence-corrected chi connectivity index (χ2v) is 14.9. The number of hydrogen-bond donors (Lipinski definition) is 3. The van der Waals surface area contributed by atoms with E-state index in [1.165, 1.54) is 0 Å². The number of carbonyl (C=O) groups is 3. The molecule has 8 heteroatoms. The van der Waals surface area contributed by atoms with E-state index in [1.807, 2.05) is 0 Å². The highest BCUT2D eigenvalue weighted by Crippen LogP contribution is 2.38. The third-order valence-electron chi connectivity index (χ3n) is 10.2. The van der Waals surface area contributed by atoms with Crippen molar-refractivity contribution < 1.29 is 23.9 Å². The topological polar surface area (TPSA) is 106 Å². The van der Waals surface area contributed by atoms with Crippen LogP contribution in [0.15, 0.2) is 18.2 Å². The van der Waals surface area contributed by atoms with Gasteiger partial charge in [0.05, 0.1) is 12.2 Å². The second-order valence-electron chi connectivity index (χ2n) is 14.9. The van der Waals surface area contributed by atoms with E-state index in [4.69, 9.17) is 9.47 Å². The van der Waals surface area contributed by atoms with Gasteiger partial charge in [-0.25, -0.2) is 0 Å².